The summed E-state index contributed by atoms with van der Waals surface area (Å²) in [5.74, 6) is -8.30. The lowest BCUT2D eigenvalue weighted by molar-refractivity contribution is -0.141. The average molecular weight is 1090 g/mol. The topological polar surface area (TPSA) is 286 Å². The van der Waals surface area contributed by atoms with E-state index in [9.17, 15) is 56.5 Å². The minimum absolute atomic E-state index is 0.0193. The van der Waals surface area contributed by atoms with E-state index in [-0.39, 0.29) is 35.2 Å². The second-order valence-corrected chi connectivity index (χ2v) is 16.0. The Kier molecular flexibility index (Phi) is 18.8. The number of amides is 5. The Hall–Kier alpha value is -3.84. The van der Waals surface area contributed by atoms with E-state index in [2.05, 4.69) is 68.8 Å². The molecule has 3 aliphatic rings. The van der Waals surface area contributed by atoms with Gasteiger partial charge >= 0.3 is 41.4 Å². The van der Waals surface area contributed by atoms with E-state index in [1.54, 1.807) is 13.8 Å². The van der Waals surface area contributed by atoms with Gasteiger partial charge in [0.25, 0.3) is 5.91 Å². The summed E-state index contributed by atoms with van der Waals surface area (Å²) in [6, 6.07) is 0.709. The normalized spacial score (nSPS) is 24.4. The average Bonchev–Trinajstić information content (AvgIpc) is 3.64. The van der Waals surface area contributed by atoms with Crippen molar-refractivity contribution in [3.05, 3.63) is 43.9 Å². The number of hydrogen-bond donors (Lipinski definition) is 6. The van der Waals surface area contributed by atoms with E-state index < -0.39 is 97.1 Å². The number of aromatic nitrogens is 4. The van der Waals surface area contributed by atoms with Crippen molar-refractivity contribution in [2.45, 2.75) is 108 Å². The molecule has 2 aromatic heterocycles. The molecule has 2 unspecified atom stereocenters. The van der Waals surface area contributed by atoms with Crippen LogP contribution in [0.2, 0.25) is 0 Å². The van der Waals surface area contributed by atoms with Gasteiger partial charge in [-0.25, -0.2) is 27.9 Å². The van der Waals surface area contributed by atoms with Crippen LogP contribution in [0.15, 0.2) is 32.5 Å². The number of alkyl halides is 4. The lowest BCUT2D eigenvalue weighted by atomic mass is 10.1. The van der Waals surface area contributed by atoms with E-state index in [1.165, 1.54) is 3.93 Å². The highest BCUT2D eigenvalue weighted by molar-refractivity contribution is 9.10. The number of aliphatic hydroxyl groups is 4. The number of unbranched alkanes of at least 4 members (excludes halogenated alkanes) is 2. The van der Waals surface area contributed by atoms with Crippen LogP contribution in [0.5, 0.6) is 0 Å². The molecule has 0 saturated carbocycles. The maximum atomic E-state index is 14.1. The van der Waals surface area contributed by atoms with Crippen LogP contribution < -0.4 is 22.0 Å². The third-order valence-corrected chi connectivity index (χ3v) is 11.2. The first kappa shape index (κ1) is 52.5. The Labute approximate surface area is 374 Å². The summed E-state index contributed by atoms with van der Waals surface area (Å²) in [5, 5.41) is 41.4. The number of aliphatic hydroxyl groups excluding tert-OH is 4. The van der Waals surface area contributed by atoms with Gasteiger partial charge in [-0.15, -0.1) is 0 Å². The number of nitrogens with one attached hydrogen (secondary N) is 2. The van der Waals surface area contributed by atoms with Crippen molar-refractivity contribution < 1.29 is 76.1 Å². The summed E-state index contributed by atoms with van der Waals surface area (Å²) < 4.78 is 78.8. The fourth-order valence-electron chi connectivity index (χ4n) is 5.22. The first-order chi connectivity index (χ1) is 28.9. The number of carbonyl (C=O) groups is 4. The number of hydrogen-bond acceptors (Lipinski definition) is 16. The minimum Gasteiger partial charge on any atom is -0.449 e. The van der Waals surface area contributed by atoms with Crippen molar-refractivity contribution in [1.82, 2.24) is 27.0 Å². The quantitative estimate of drug-likeness (QED) is 0.0769. The molecule has 0 aromatic carbocycles. The van der Waals surface area contributed by atoms with Gasteiger partial charge in [-0.05, 0) is 48.7 Å². The van der Waals surface area contributed by atoms with Crippen molar-refractivity contribution in [2.75, 3.05) is 37.1 Å². The molecule has 6 atom stereocenters. The van der Waals surface area contributed by atoms with Gasteiger partial charge in [0.05, 0.1) is 63.2 Å². The molecule has 3 saturated heterocycles. The van der Waals surface area contributed by atoms with Gasteiger partial charge in [0.2, 0.25) is 12.5 Å². The van der Waals surface area contributed by atoms with Gasteiger partial charge in [0, 0.05) is 12.4 Å². The largest absolute Gasteiger partial charge is 0.449 e. The number of nitrogens with zero attached hydrogens (tertiary/aromatic N) is 6. The van der Waals surface area contributed by atoms with Crippen molar-refractivity contribution in [1.29, 1.82) is 0 Å². The lowest BCUT2D eigenvalue weighted by Gasteiger charge is -2.21. The highest BCUT2D eigenvalue weighted by Gasteiger charge is 2.60. The predicted octanol–water partition coefficient (Wildman–Crippen LogP) is 3.37. The van der Waals surface area contributed by atoms with E-state index >= 15 is 0 Å². The zero-order chi connectivity index (χ0) is 46.9. The lowest BCUT2D eigenvalue weighted by Crippen LogP contribution is -2.42. The number of rotatable bonds is 12. The molecule has 0 bridgehead atoms. The first-order valence-corrected chi connectivity index (χ1v) is 20.5. The van der Waals surface area contributed by atoms with Crippen molar-refractivity contribution in [3.63, 3.8) is 0 Å². The number of ether oxygens (including phenoxy) is 4. The SMILES string of the molecule is CC1(C)C(=O)N(Br)C(=O)N1Br.CCCCOC(=O)Nc1ccn([C@@H]2O[C@H](CO)C(O)C2(F)F)c(=O)n1.CCCCOC(=O)Nc1nc(=O)n([C@@H]2O[C@H](CO)C(O)C2(F)F)cc1Br. The summed E-state index contributed by atoms with van der Waals surface area (Å²) in [6.07, 6.45) is -8.69. The first-order valence-electron chi connectivity index (χ1n) is 18.3. The summed E-state index contributed by atoms with van der Waals surface area (Å²) >= 11 is 8.86. The number of carbonyl (C=O) groups excluding carboxylic acids is 4. The van der Waals surface area contributed by atoms with E-state index in [0.717, 1.165) is 35.2 Å². The summed E-state index contributed by atoms with van der Waals surface area (Å²) in [7, 11) is 0. The molecule has 6 N–H and O–H groups in total. The fraction of sp³-hybridized carbons (Fsp3) is 0.636. The fourth-order valence-corrected chi connectivity index (χ4v) is 6.74. The van der Waals surface area contributed by atoms with E-state index in [0.29, 0.717) is 22.0 Å². The molecular weight excluding hydrogens is 1050 g/mol. The van der Waals surface area contributed by atoms with Crippen LogP contribution in [0.1, 0.15) is 65.8 Å². The zero-order valence-electron chi connectivity index (χ0n) is 33.1. The van der Waals surface area contributed by atoms with Gasteiger partial charge in [-0.2, -0.15) is 31.5 Å². The summed E-state index contributed by atoms with van der Waals surface area (Å²) in [6.45, 7) is 5.84. The molecule has 5 heterocycles. The van der Waals surface area contributed by atoms with Crippen LogP contribution in [0.25, 0.3) is 0 Å². The monoisotopic (exact) mass is 1090 g/mol. The number of halogens is 7. The molecule has 5 amide bonds. The maximum absolute atomic E-state index is 14.1. The van der Waals surface area contributed by atoms with Crippen molar-refractivity contribution in [3.8, 4) is 0 Å². The zero-order valence-corrected chi connectivity index (χ0v) is 37.8. The Morgan fingerprint density at radius 2 is 1.29 bits per heavy atom. The molecule has 62 heavy (non-hydrogen) atoms. The molecule has 0 spiro atoms. The molecule has 22 nitrogen and oxygen atoms in total. The van der Waals surface area contributed by atoms with Gasteiger partial charge in [-0.1, -0.05) is 26.7 Å². The molecule has 5 rings (SSSR count). The highest BCUT2D eigenvalue weighted by atomic mass is 79.9. The van der Waals surface area contributed by atoms with Crippen LogP contribution in [-0.4, -0.2) is 140 Å². The Morgan fingerprint density at radius 3 is 1.68 bits per heavy atom. The van der Waals surface area contributed by atoms with Gasteiger partial charge in [0.15, 0.2) is 18.0 Å². The minimum atomic E-state index is -3.83. The molecule has 2 aromatic rings. The number of anilines is 2. The van der Waals surface area contributed by atoms with Crippen LogP contribution in [0, 0.1) is 0 Å². The predicted molar refractivity (Wildman–Crippen MR) is 214 cm³/mol. The molecule has 3 fully saturated rings. The van der Waals surface area contributed by atoms with Crippen LogP contribution in [0.4, 0.5) is 43.6 Å². The van der Waals surface area contributed by atoms with Crippen LogP contribution in [0.3, 0.4) is 0 Å². The summed E-state index contributed by atoms with van der Waals surface area (Å²) in [4.78, 5) is 76.4. The highest BCUT2D eigenvalue weighted by Crippen LogP contribution is 2.43. The Bertz CT molecular complexity index is 2040. The van der Waals surface area contributed by atoms with Crippen molar-refractivity contribution >= 4 is 84.0 Å². The van der Waals surface area contributed by atoms with Gasteiger partial charge in [0.1, 0.15) is 23.6 Å². The smallest absolute Gasteiger partial charge is 0.412 e. The Morgan fingerprint density at radius 1 is 0.823 bits per heavy atom. The standard InChI is InChI=1S/C14H18BrF2N3O6.C14H19F2N3O6.C5H6Br2N2O2/c1-2-3-4-25-13(24)19-10-7(15)5-20(12(23)18-10)11-14(16,17)9(22)8(6-21)26-11;1-2-3-6-24-13(23)18-9-4-5-19(12(22)17-9)11-14(15,16)10(21)8(7-20)25-11;1-5(2)3(10)8(6)4(11)9(5)7/h5,8-9,11,21-22H,2-4,6H2,1H3,(H,18,19,23,24);4-5,8,10-11,20-21H,2-3,6-7H2,1H3,(H,17,18,22,23);1-2H3/t8-,9?,11-;8-,10?,11-;/m11./s1. The molecular formula is C33H43Br3F4N8O14. The number of imide groups is 1. The number of urea groups is 1. The van der Waals surface area contributed by atoms with E-state index in [1.807, 2.05) is 13.8 Å². The molecule has 0 radical (unpaired) electrons. The van der Waals surface area contributed by atoms with Crippen LogP contribution in [-0.2, 0) is 23.7 Å². The van der Waals surface area contributed by atoms with Gasteiger partial charge in [-0.3, -0.25) is 24.6 Å². The third kappa shape index (κ3) is 12.0. The second-order valence-electron chi connectivity index (χ2n) is 13.7. The third-order valence-electron chi connectivity index (χ3n) is 8.80. The molecule has 0 aliphatic carbocycles. The van der Waals surface area contributed by atoms with Crippen molar-refractivity contribution in [2.24, 2.45) is 0 Å². The molecule has 29 heteroatoms. The second kappa shape index (κ2) is 22.2. The molecule has 3 aliphatic heterocycles. The van der Waals surface area contributed by atoms with Crippen LogP contribution >= 0.6 is 48.2 Å². The van der Waals surface area contributed by atoms with Gasteiger partial charge < -0.3 is 39.4 Å². The maximum Gasteiger partial charge on any atom is 0.412 e. The summed E-state index contributed by atoms with van der Waals surface area (Å²) in [5.41, 5.74) is -3.07. The Balaban J connectivity index is 0.000000267. The van der Waals surface area contributed by atoms with E-state index in [4.69, 9.17) is 29.2 Å². The molecule has 348 valence electrons.